The second-order valence-corrected chi connectivity index (χ2v) is 13.0. The van der Waals surface area contributed by atoms with Crippen molar-refractivity contribution in [1.82, 2.24) is 19.7 Å². The van der Waals surface area contributed by atoms with Crippen LogP contribution in [-0.4, -0.2) is 88.2 Å². The van der Waals surface area contributed by atoms with Gasteiger partial charge in [0.25, 0.3) is 11.8 Å². The van der Waals surface area contributed by atoms with E-state index in [0.29, 0.717) is 58.1 Å². The van der Waals surface area contributed by atoms with Crippen LogP contribution in [0, 0.1) is 25.2 Å². The third kappa shape index (κ3) is 3.96. The van der Waals surface area contributed by atoms with Crippen molar-refractivity contribution in [2.75, 3.05) is 27.5 Å². The van der Waals surface area contributed by atoms with Gasteiger partial charge < -0.3 is 24.1 Å². The fourth-order valence-corrected chi connectivity index (χ4v) is 8.76. The molecule has 48 heavy (non-hydrogen) atoms. The molecule has 2 bridgehead atoms. The molecule has 0 radical (unpaired) electrons. The molecule has 1 aromatic heterocycles. The first-order chi connectivity index (χ1) is 23.1. The number of nitrogens with zero attached hydrogens (tertiary/aromatic N) is 5. The van der Waals surface area contributed by atoms with E-state index in [9.17, 15) is 24.8 Å². The van der Waals surface area contributed by atoms with Crippen LogP contribution in [-0.2, 0) is 17.6 Å². The van der Waals surface area contributed by atoms with E-state index in [2.05, 4.69) is 20.9 Å². The molecule has 5 atom stereocenters. The largest absolute Gasteiger partial charge is 0.504 e. The zero-order valence-corrected chi connectivity index (χ0v) is 27.1. The van der Waals surface area contributed by atoms with Crippen molar-refractivity contribution in [3.8, 4) is 34.8 Å². The number of phenols is 1. The molecule has 5 aliphatic heterocycles. The summed E-state index contributed by atoms with van der Waals surface area (Å²) in [7, 11) is 3.47. The molecule has 1 saturated heterocycles. The summed E-state index contributed by atoms with van der Waals surface area (Å²) in [5.74, 6) is 0.0948. The quantitative estimate of drug-likeness (QED) is 0.250. The number of likely N-dealkylation sites (N-methyl/N-ethyl adjacent to an activating group) is 1. The number of aromatic hydroxyl groups is 1. The number of nitriles is 1. The maximum Gasteiger partial charge on any atom is 0.308 e. The van der Waals surface area contributed by atoms with Crippen molar-refractivity contribution in [3.63, 3.8) is 0 Å². The molecule has 6 heterocycles. The first-order valence-electron chi connectivity index (χ1n) is 15.8. The standard InChI is InChI=1S/C35H33N5O8/c1-15-8-18-9-22-24(11-36)40-23(28(38(22)4)26(18)29(42)30(15)45-5)10-20-27(33-32(46-14-47-33)16(2)31(20)48-17(3)41)25(40)13-39-34(43)19-6-7-37-12-21(19)35(39)44/h6-8,12,22-25,28,42H,9-10,13-14H2,1-5H3/t22-,23+,24+,25+,28+/m1/s1. The highest BCUT2D eigenvalue weighted by molar-refractivity contribution is 6.21. The number of ether oxygens (including phenoxy) is 4. The van der Waals surface area contributed by atoms with Gasteiger partial charge in [-0.2, -0.15) is 5.26 Å². The smallest absolute Gasteiger partial charge is 0.308 e. The molecule has 0 unspecified atom stereocenters. The monoisotopic (exact) mass is 651 g/mol. The van der Waals surface area contributed by atoms with Crippen LogP contribution in [0.2, 0.25) is 0 Å². The van der Waals surface area contributed by atoms with Crippen molar-refractivity contribution >= 4 is 17.8 Å². The second kappa shape index (κ2) is 10.7. The van der Waals surface area contributed by atoms with Gasteiger partial charge in [0.15, 0.2) is 23.0 Å². The lowest BCUT2D eigenvalue weighted by atomic mass is 9.71. The highest BCUT2D eigenvalue weighted by atomic mass is 16.7. The Labute approximate surface area is 276 Å². The maximum atomic E-state index is 13.8. The van der Waals surface area contributed by atoms with E-state index >= 15 is 0 Å². The average Bonchev–Trinajstić information content (AvgIpc) is 3.64. The zero-order chi connectivity index (χ0) is 33.8. The van der Waals surface area contributed by atoms with Gasteiger partial charge in [0, 0.05) is 60.2 Å². The molecule has 8 rings (SSSR count). The molecule has 2 aromatic carbocycles. The third-order valence-corrected chi connectivity index (χ3v) is 10.6. The molecular formula is C35H33N5O8. The second-order valence-electron chi connectivity index (χ2n) is 13.0. The zero-order valence-electron chi connectivity index (χ0n) is 27.1. The predicted molar refractivity (Wildman–Crippen MR) is 167 cm³/mol. The molecule has 1 fully saturated rings. The van der Waals surface area contributed by atoms with Crippen LogP contribution < -0.4 is 18.9 Å². The van der Waals surface area contributed by atoms with E-state index in [0.717, 1.165) is 11.1 Å². The maximum absolute atomic E-state index is 13.8. The third-order valence-electron chi connectivity index (χ3n) is 10.6. The number of benzene rings is 2. The van der Waals surface area contributed by atoms with E-state index in [1.165, 1.54) is 37.4 Å². The number of imide groups is 1. The fraction of sp³-hybridized carbons (Fsp3) is 0.400. The molecule has 3 aromatic rings. The van der Waals surface area contributed by atoms with Gasteiger partial charge in [0.05, 0.1) is 36.4 Å². The Bertz CT molecular complexity index is 1970. The number of piperazine rings is 1. The normalized spacial score (nSPS) is 25.2. The van der Waals surface area contributed by atoms with E-state index < -0.39 is 42.0 Å². The summed E-state index contributed by atoms with van der Waals surface area (Å²) >= 11 is 0. The highest BCUT2D eigenvalue weighted by Crippen LogP contribution is 2.58. The number of carbonyl (C=O) groups is 3. The van der Waals surface area contributed by atoms with Crippen LogP contribution in [0.3, 0.4) is 0 Å². The summed E-state index contributed by atoms with van der Waals surface area (Å²) in [5.41, 5.74) is 4.71. The Morgan fingerprint density at radius 2 is 1.85 bits per heavy atom. The number of amides is 2. The fourth-order valence-electron chi connectivity index (χ4n) is 8.76. The van der Waals surface area contributed by atoms with Gasteiger partial charge in [-0.15, -0.1) is 0 Å². The van der Waals surface area contributed by atoms with Crippen LogP contribution in [0.5, 0.6) is 28.7 Å². The van der Waals surface area contributed by atoms with Gasteiger partial charge in [-0.3, -0.25) is 34.1 Å². The van der Waals surface area contributed by atoms with E-state index in [4.69, 9.17) is 18.9 Å². The number of esters is 1. The predicted octanol–water partition coefficient (Wildman–Crippen LogP) is 3.13. The number of hydrogen-bond acceptors (Lipinski definition) is 12. The number of methoxy groups -OCH3 is 1. The van der Waals surface area contributed by atoms with E-state index in [1.54, 1.807) is 6.92 Å². The topological polar surface area (TPSA) is 155 Å². The SMILES string of the molecule is COc1c(C)cc2c(c1O)[C@@H]1[C@@H]3Cc4c(OC(C)=O)c(C)c5c(c4[C@H](CN4C(=O)c6ccncc6C4=O)N3[C@@H](C#N)[C@@H](C2)N1C)OCO5. The Kier molecular flexibility index (Phi) is 6.70. The lowest BCUT2D eigenvalue weighted by Crippen LogP contribution is -2.68. The molecule has 1 N–H and O–H groups in total. The Balaban J connectivity index is 1.38. The molecule has 0 aliphatic carbocycles. The Hall–Kier alpha value is -5.19. The summed E-state index contributed by atoms with van der Waals surface area (Å²) in [4.78, 5) is 49.5. The van der Waals surface area contributed by atoms with Crippen LogP contribution in [0.4, 0.5) is 0 Å². The summed E-state index contributed by atoms with van der Waals surface area (Å²) in [6.45, 7) is 4.80. The number of aryl methyl sites for hydroxylation is 1. The Morgan fingerprint density at radius 3 is 2.56 bits per heavy atom. The van der Waals surface area contributed by atoms with Gasteiger partial charge in [0.1, 0.15) is 11.8 Å². The molecule has 5 aliphatic rings. The molecule has 13 nitrogen and oxygen atoms in total. The minimum absolute atomic E-state index is 0.0374. The number of pyridine rings is 1. The van der Waals surface area contributed by atoms with Crippen molar-refractivity contribution in [2.45, 2.75) is 63.8 Å². The molecule has 0 spiro atoms. The number of hydrogen-bond donors (Lipinski definition) is 1. The van der Waals surface area contributed by atoms with E-state index in [1.807, 2.05) is 20.0 Å². The number of phenolic OH excluding ortho intramolecular Hbond substituents is 1. The average molecular weight is 652 g/mol. The highest BCUT2D eigenvalue weighted by Gasteiger charge is 2.57. The van der Waals surface area contributed by atoms with Gasteiger partial charge in [-0.1, -0.05) is 6.07 Å². The molecule has 2 amide bonds. The summed E-state index contributed by atoms with van der Waals surface area (Å²) in [6.07, 6.45) is 3.63. The van der Waals surface area contributed by atoms with Crippen LogP contribution >= 0.6 is 0 Å². The van der Waals surface area contributed by atoms with Crippen LogP contribution in [0.25, 0.3) is 0 Å². The van der Waals surface area contributed by atoms with Crippen LogP contribution in [0.1, 0.15) is 73.1 Å². The van der Waals surface area contributed by atoms with Crippen molar-refractivity contribution in [2.24, 2.45) is 0 Å². The molecular weight excluding hydrogens is 618 g/mol. The van der Waals surface area contributed by atoms with Gasteiger partial charge in [-0.25, -0.2) is 0 Å². The summed E-state index contributed by atoms with van der Waals surface area (Å²) in [5, 5.41) is 22.6. The van der Waals surface area contributed by atoms with Crippen molar-refractivity contribution < 1.29 is 38.4 Å². The minimum Gasteiger partial charge on any atom is -0.504 e. The summed E-state index contributed by atoms with van der Waals surface area (Å²) in [6, 6.07) is 3.44. The number of fused-ring (bicyclic) bond motifs is 10. The molecule has 246 valence electrons. The van der Waals surface area contributed by atoms with Gasteiger partial charge in [0.2, 0.25) is 6.79 Å². The number of carbonyl (C=O) groups excluding carboxylic acids is 3. The van der Waals surface area contributed by atoms with Crippen molar-refractivity contribution in [1.29, 1.82) is 5.26 Å². The van der Waals surface area contributed by atoms with Gasteiger partial charge >= 0.3 is 5.97 Å². The minimum atomic E-state index is -0.765. The van der Waals surface area contributed by atoms with E-state index in [-0.39, 0.29) is 36.3 Å². The first-order valence-corrected chi connectivity index (χ1v) is 15.8. The molecule has 0 saturated carbocycles. The Morgan fingerprint density at radius 1 is 1.10 bits per heavy atom. The van der Waals surface area contributed by atoms with Gasteiger partial charge in [-0.05, 0) is 50.9 Å². The first kappa shape index (κ1) is 30.2. The lowest BCUT2D eigenvalue weighted by Gasteiger charge is -2.60. The van der Waals surface area contributed by atoms with Crippen LogP contribution in [0.15, 0.2) is 24.5 Å². The molecule has 13 heteroatoms. The summed E-state index contributed by atoms with van der Waals surface area (Å²) < 4.78 is 23.5. The lowest BCUT2D eigenvalue weighted by molar-refractivity contribution is -0.132. The number of rotatable bonds is 4. The van der Waals surface area contributed by atoms with Crippen molar-refractivity contribution in [3.05, 3.63) is 69.0 Å². The number of aromatic nitrogens is 1.